The molecule has 0 unspecified atom stereocenters. The molecule has 0 heterocycles. The van der Waals surface area contributed by atoms with Crippen LogP contribution in [0.5, 0.6) is 5.75 Å². The Morgan fingerprint density at radius 2 is 1.76 bits per heavy atom. The smallest absolute Gasteiger partial charge is 0.165 e. The molecule has 0 saturated heterocycles. The summed E-state index contributed by atoms with van der Waals surface area (Å²) in [6, 6.07) is 15.4. The summed E-state index contributed by atoms with van der Waals surface area (Å²) in [5, 5.41) is 3.40. The Hall–Kier alpha value is -1.87. The largest absolute Gasteiger partial charge is 0.488 e. The molecule has 112 valence electrons. The molecule has 0 aromatic heterocycles. The Morgan fingerprint density at radius 1 is 1.05 bits per heavy atom. The Morgan fingerprint density at radius 3 is 2.38 bits per heavy atom. The first-order chi connectivity index (χ1) is 10.1. The van der Waals surface area contributed by atoms with E-state index in [1.165, 1.54) is 5.56 Å². The number of rotatable bonds is 6. The van der Waals surface area contributed by atoms with E-state index in [1.54, 1.807) is 12.1 Å². The number of halogens is 1. The highest BCUT2D eigenvalue weighted by Crippen LogP contribution is 2.23. The lowest BCUT2D eigenvalue weighted by molar-refractivity contribution is 0.231. The predicted molar refractivity (Wildman–Crippen MR) is 83.9 cm³/mol. The van der Waals surface area contributed by atoms with Gasteiger partial charge in [-0.25, -0.2) is 4.39 Å². The number of nitrogens with one attached hydrogen (secondary N) is 1. The summed E-state index contributed by atoms with van der Waals surface area (Å²) in [5.41, 5.74) is 2.13. The average molecular weight is 287 g/mol. The zero-order chi connectivity index (χ0) is 15.2. The van der Waals surface area contributed by atoms with Crippen LogP contribution in [0.25, 0.3) is 0 Å². The van der Waals surface area contributed by atoms with E-state index in [1.807, 2.05) is 45.0 Å². The van der Waals surface area contributed by atoms with Crippen LogP contribution in [0.4, 0.5) is 4.39 Å². The molecule has 3 heteroatoms. The van der Waals surface area contributed by atoms with Crippen LogP contribution in [0, 0.1) is 5.82 Å². The van der Waals surface area contributed by atoms with Crippen LogP contribution in [-0.2, 0) is 6.54 Å². The van der Waals surface area contributed by atoms with Crippen LogP contribution in [0.15, 0.2) is 48.5 Å². The summed E-state index contributed by atoms with van der Waals surface area (Å²) in [6.07, 6.45) is -0.0287. The van der Waals surface area contributed by atoms with Crippen molar-refractivity contribution in [3.8, 4) is 5.75 Å². The molecule has 1 atom stereocenters. The monoisotopic (exact) mass is 287 g/mol. The molecule has 0 radical (unpaired) electrons. The quantitative estimate of drug-likeness (QED) is 0.846. The molecule has 0 saturated carbocycles. The lowest BCUT2D eigenvalue weighted by Gasteiger charge is -2.16. The Balaban J connectivity index is 1.99. The number of hydrogen-bond donors (Lipinski definition) is 1. The van der Waals surface area contributed by atoms with E-state index in [-0.39, 0.29) is 18.0 Å². The van der Waals surface area contributed by atoms with Crippen LogP contribution >= 0.6 is 0 Å². The molecule has 0 aliphatic rings. The minimum absolute atomic E-state index is 0.0287. The standard InChI is InChI=1S/C18H22FNO/c1-13(2)21-18-10-9-16(11-17(18)19)14(3)20-12-15-7-5-4-6-8-15/h4-11,13-14,20H,12H2,1-3H3/t14-/m0/s1. The van der Waals surface area contributed by atoms with Crippen LogP contribution in [0.2, 0.25) is 0 Å². The predicted octanol–water partition coefficient (Wildman–Crippen LogP) is 4.46. The fraction of sp³-hybridized carbons (Fsp3) is 0.333. The third-order valence-corrected chi connectivity index (χ3v) is 3.27. The first kappa shape index (κ1) is 15.5. The van der Waals surface area contributed by atoms with Gasteiger partial charge in [-0.2, -0.15) is 0 Å². The van der Waals surface area contributed by atoms with E-state index in [0.29, 0.717) is 5.75 Å². The van der Waals surface area contributed by atoms with Gasteiger partial charge in [-0.1, -0.05) is 36.4 Å². The van der Waals surface area contributed by atoms with Crippen molar-refractivity contribution in [3.05, 3.63) is 65.5 Å². The molecule has 0 spiro atoms. The van der Waals surface area contributed by atoms with Crippen molar-refractivity contribution in [1.29, 1.82) is 0 Å². The Kier molecular flexibility index (Phi) is 5.34. The Labute approximate surface area is 126 Å². The van der Waals surface area contributed by atoms with Crippen molar-refractivity contribution in [2.24, 2.45) is 0 Å². The zero-order valence-electron chi connectivity index (χ0n) is 12.8. The first-order valence-corrected chi connectivity index (χ1v) is 7.29. The van der Waals surface area contributed by atoms with Crippen molar-refractivity contribution in [3.63, 3.8) is 0 Å². The minimum Gasteiger partial charge on any atom is -0.488 e. The van der Waals surface area contributed by atoms with E-state index in [9.17, 15) is 4.39 Å². The van der Waals surface area contributed by atoms with Gasteiger partial charge in [-0.3, -0.25) is 0 Å². The van der Waals surface area contributed by atoms with Gasteiger partial charge in [0.2, 0.25) is 0 Å². The van der Waals surface area contributed by atoms with Crippen molar-refractivity contribution in [2.75, 3.05) is 0 Å². The van der Waals surface area contributed by atoms with Crippen LogP contribution in [0.1, 0.15) is 37.9 Å². The molecule has 1 N–H and O–H groups in total. The maximum absolute atomic E-state index is 14.0. The normalized spacial score (nSPS) is 12.4. The number of ether oxygens (including phenoxy) is 1. The number of hydrogen-bond acceptors (Lipinski definition) is 2. The van der Waals surface area contributed by atoms with Crippen LogP contribution in [-0.4, -0.2) is 6.10 Å². The second kappa shape index (κ2) is 7.23. The van der Waals surface area contributed by atoms with Crippen LogP contribution in [0.3, 0.4) is 0 Å². The topological polar surface area (TPSA) is 21.3 Å². The third kappa shape index (κ3) is 4.57. The highest BCUT2D eigenvalue weighted by molar-refractivity contribution is 5.31. The molecule has 0 amide bonds. The Bertz CT molecular complexity index is 569. The maximum Gasteiger partial charge on any atom is 0.165 e. The van der Waals surface area contributed by atoms with Crippen molar-refractivity contribution in [1.82, 2.24) is 5.32 Å². The van der Waals surface area contributed by atoms with Gasteiger partial charge in [0.1, 0.15) is 0 Å². The molecule has 0 aliphatic heterocycles. The maximum atomic E-state index is 14.0. The first-order valence-electron chi connectivity index (χ1n) is 7.29. The van der Waals surface area contributed by atoms with E-state index in [2.05, 4.69) is 17.4 Å². The summed E-state index contributed by atoms with van der Waals surface area (Å²) in [4.78, 5) is 0. The lowest BCUT2D eigenvalue weighted by Crippen LogP contribution is -2.18. The third-order valence-electron chi connectivity index (χ3n) is 3.27. The SMILES string of the molecule is CC(C)Oc1ccc([C@H](C)NCc2ccccc2)cc1F. The minimum atomic E-state index is -0.311. The van der Waals surface area contributed by atoms with Gasteiger partial charge in [-0.15, -0.1) is 0 Å². The van der Waals surface area contributed by atoms with E-state index in [4.69, 9.17) is 4.74 Å². The van der Waals surface area contributed by atoms with Crippen molar-refractivity contribution in [2.45, 2.75) is 39.5 Å². The average Bonchev–Trinajstić information content (AvgIpc) is 2.47. The molecular formula is C18H22FNO. The van der Waals surface area contributed by atoms with Gasteiger partial charge in [-0.05, 0) is 44.0 Å². The summed E-state index contributed by atoms with van der Waals surface area (Å²) in [6.45, 7) is 6.56. The molecular weight excluding hydrogens is 265 g/mol. The fourth-order valence-electron chi connectivity index (χ4n) is 2.12. The fourth-order valence-corrected chi connectivity index (χ4v) is 2.12. The molecule has 0 bridgehead atoms. The molecule has 2 aromatic rings. The van der Waals surface area contributed by atoms with Gasteiger partial charge in [0.15, 0.2) is 11.6 Å². The summed E-state index contributed by atoms with van der Waals surface area (Å²) in [7, 11) is 0. The summed E-state index contributed by atoms with van der Waals surface area (Å²) in [5.74, 6) is -0.00132. The van der Waals surface area contributed by atoms with E-state index < -0.39 is 0 Å². The second-order valence-corrected chi connectivity index (χ2v) is 5.44. The zero-order valence-corrected chi connectivity index (χ0v) is 12.8. The van der Waals surface area contributed by atoms with Crippen molar-refractivity contribution >= 4 is 0 Å². The molecule has 2 nitrogen and oxygen atoms in total. The van der Waals surface area contributed by atoms with Gasteiger partial charge < -0.3 is 10.1 Å². The van der Waals surface area contributed by atoms with Crippen LogP contribution < -0.4 is 10.1 Å². The summed E-state index contributed by atoms with van der Waals surface area (Å²) < 4.78 is 19.4. The second-order valence-electron chi connectivity index (χ2n) is 5.44. The molecule has 21 heavy (non-hydrogen) atoms. The van der Waals surface area contributed by atoms with Gasteiger partial charge in [0.05, 0.1) is 6.10 Å². The van der Waals surface area contributed by atoms with Crippen molar-refractivity contribution < 1.29 is 9.13 Å². The van der Waals surface area contributed by atoms with E-state index >= 15 is 0 Å². The van der Waals surface area contributed by atoms with Gasteiger partial charge in [0, 0.05) is 12.6 Å². The number of benzene rings is 2. The van der Waals surface area contributed by atoms with Gasteiger partial charge in [0.25, 0.3) is 0 Å². The summed E-state index contributed by atoms with van der Waals surface area (Å²) >= 11 is 0. The lowest BCUT2D eigenvalue weighted by atomic mass is 10.1. The highest BCUT2D eigenvalue weighted by atomic mass is 19.1. The molecule has 0 aliphatic carbocycles. The highest BCUT2D eigenvalue weighted by Gasteiger charge is 2.10. The van der Waals surface area contributed by atoms with E-state index in [0.717, 1.165) is 12.1 Å². The molecule has 0 fully saturated rings. The van der Waals surface area contributed by atoms with Gasteiger partial charge >= 0.3 is 0 Å². The molecule has 2 rings (SSSR count). The molecule has 2 aromatic carbocycles.